The second kappa shape index (κ2) is 17.4. The van der Waals surface area contributed by atoms with Gasteiger partial charge in [0.1, 0.15) is 24.7 Å². The van der Waals surface area contributed by atoms with Crippen molar-refractivity contribution in [1.29, 1.82) is 0 Å². The summed E-state index contributed by atoms with van der Waals surface area (Å²) in [7, 11) is 0. The third-order valence-corrected chi connectivity index (χ3v) is 5.05. The lowest BCUT2D eigenvalue weighted by Gasteiger charge is -2.26. The molecule has 0 spiro atoms. The molecule has 0 amide bonds. The molecule has 0 aliphatic rings. The van der Waals surface area contributed by atoms with Gasteiger partial charge in [-0.3, -0.25) is 0 Å². The lowest BCUT2D eigenvalue weighted by Crippen LogP contribution is -2.22. The zero-order chi connectivity index (χ0) is 26.1. The van der Waals surface area contributed by atoms with Crippen molar-refractivity contribution in [2.75, 3.05) is 13.2 Å². The van der Waals surface area contributed by atoms with Gasteiger partial charge < -0.3 is 19.3 Å². The quantitative estimate of drug-likeness (QED) is 0.361. The summed E-state index contributed by atoms with van der Waals surface area (Å²) in [6.07, 6.45) is 1.77. The van der Waals surface area contributed by atoms with Crippen molar-refractivity contribution in [2.24, 2.45) is 0 Å². The number of benzene rings is 2. The van der Waals surface area contributed by atoms with Gasteiger partial charge in [0, 0.05) is 5.41 Å². The Morgan fingerprint density at radius 2 is 1.12 bits per heavy atom. The van der Waals surface area contributed by atoms with Crippen molar-refractivity contribution in [3.8, 4) is 11.5 Å². The van der Waals surface area contributed by atoms with Crippen molar-refractivity contribution in [3.63, 3.8) is 0 Å². The molecule has 0 saturated heterocycles. The fourth-order valence-corrected chi connectivity index (χ4v) is 3.13. The number of aliphatic hydroxyl groups excluding tert-OH is 1. The van der Waals surface area contributed by atoms with Crippen LogP contribution in [0.15, 0.2) is 48.5 Å². The standard InChI is InChI=1S/C25H36O4.C3H8.C2H6/c1-7-22(26)17-28-24-14-10-21(11-15-24)25(5,6)20-8-12-23(13-9-20)27-16-19(4)29-18(2)3;1-3-2;1-2/h8-15,18-19,22,26H,7,16-17H2,1-6H3;3H2,1-2H3;1-2H3. The van der Waals surface area contributed by atoms with E-state index in [9.17, 15) is 5.11 Å². The van der Waals surface area contributed by atoms with Crippen LogP contribution in [0.25, 0.3) is 0 Å². The summed E-state index contributed by atoms with van der Waals surface area (Å²) in [5, 5.41) is 9.64. The zero-order valence-electron chi connectivity index (χ0n) is 23.4. The van der Waals surface area contributed by atoms with Crippen LogP contribution in [-0.4, -0.2) is 36.6 Å². The first-order valence-corrected chi connectivity index (χ1v) is 12.9. The highest BCUT2D eigenvalue weighted by atomic mass is 16.5. The van der Waals surface area contributed by atoms with E-state index < -0.39 is 6.10 Å². The van der Waals surface area contributed by atoms with E-state index in [0.29, 0.717) is 19.6 Å². The Bertz CT molecular complexity index is 735. The van der Waals surface area contributed by atoms with Crippen molar-refractivity contribution < 1.29 is 19.3 Å². The second-order valence-corrected chi connectivity index (χ2v) is 9.06. The van der Waals surface area contributed by atoms with Gasteiger partial charge in [-0.15, -0.1) is 0 Å². The molecule has 2 atom stereocenters. The van der Waals surface area contributed by atoms with E-state index in [0.717, 1.165) is 11.5 Å². The van der Waals surface area contributed by atoms with E-state index >= 15 is 0 Å². The van der Waals surface area contributed by atoms with Crippen LogP contribution in [-0.2, 0) is 10.2 Å². The van der Waals surface area contributed by atoms with Gasteiger partial charge in [0.05, 0.1) is 18.3 Å². The van der Waals surface area contributed by atoms with E-state index in [1.165, 1.54) is 17.5 Å². The van der Waals surface area contributed by atoms with Gasteiger partial charge in [-0.2, -0.15) is 0 Å². The highest BCUT2D eigenvalue weighted by molar-refractivity contribution is 5.41. The molecule has 0 fully saturated rings. The number of ether oxygens (including phenoxy) is 3. The molecule has 2 aromatic rings. The summed E-state index contributed by atoms with van der Waals surface area (Å²) < 4.78 is 17.2. The number of rotatable bonds is 11. The minimum atomic E-state index is -0.424. The molecule has 2 aromatic carbocycles. The molecule has 0 aliphatic heterocycles. The predicted molar refractivity (Wildman–Crippen MR) is 145 cm³/mol. The molecule has 1 N–H and O–H groups in total. The summed E-state index contributed by atoms with van der Waals surface area (Å²) in [5.41, 5.74) is 2.27. The van der Waals surface area contributed by atoms with E-state index in [1.54, 1.807) is 0 Å². The molecule has 0 aromatic heterocycles. The highest BCUT2D eigenvalue weighted by Crippen LogP contribution is 2.33. The summed E-state index contributed by atoms with van der Waals surface area (Å²) in [4.78, 5) is 0. The Balaban J connectivity index is 0.00000201. The first-order chi connectivity index (χ1) is 16.1. The largest absolute Gasteiger partial charge is 0.491 e. The molecule has 0 saturated carbocycles. The molecule has 2 rings (SSSR count). The molecule has 194 valence electrons. The topological polar surface area (TPSA) is 47.9 Å². The van der Waals surface area contributed by atoms with Gasteiger partial charge in [-0.05, 0) is 62.6 Å². The molecule has 0 radical (unpaired) electrons. The number of aliphatic hydroxyl groups is 1. The zero-order valence-corrected chi connectivity index (χ0v) is 23.4. The van der Waals surface area contributed by atoms with Gasteiger partial charge in [0.25, 0.3) is 0 Å². The van der Waals surface area contributed by atoms with Crippen molar-refractivity contribution in [2.45, 2.75) is 106 Å². The summed E-state index contributed by atoms with van der Waals surface area (Å²) in [5.74, 6) is 1.63. The van der Waals surface area contributed by atoms with Gasteiger partial charge in [0.15, 0.2) is 0 Å². The van der Waals surface area contributed by atoms with Gasteiger partial charge >= 0.3 is 0 Å². The van der Waals surface area contributed by atoms with Gasteiger partial charge in [0.2, 0.25) is 0 Å². The van der Waals surface area contributed by atoms with Crippen molar-refractivity contribution >= 4 is 0 Å². The molecular formula is C30H50O4. The smallest absolute Gasteiger partial charge is 0.119 e. The van der Waals surface area contributed by atoms with Crippen LogP contribution < -0.4 is 9.47 Å². The molecule has 4 heteroatoms. The van der Waals surface area contributed by atoms with Crippen LogP contribution in [0.5, 0.6) is 11.5 Å². The van der Waals surface area contributed by atoms with E-state index in [2.05, 4.69) is 52.0 Å². The lowest BCUT2D eigenvalue weighted by molar-refractivity contribution is -0.00627. The van der Waals surface area contributed by atoms with Crippen molar-refractivity contribution in [3.05, 3.63) is 59.7 Å². The molecule has 2 unspecified atom stereocenters. The normalized spacial score (nSPS) is 12.6. The van der Waals surface area contributed by atoms with Crippen LogP contribution in [0, 0.1) is 0 Å². The minimum absolute atomic E-state index is 0.0605. The van der Waals surface area contributed by atoms with Crippen LogP contribution in [0.1, 0.15) is 93.2 Å². The third kappa shape index (κ3) is 11.9. The molecule has 0 aliphatic carbocycles. The Morgan fingerprint density at radius 1 is 0.735 bits per heavy atom. The maximum absolute atomic E-state index is 9.64. The Morgan fingerprint density at radius 3 is 1.47 bits per heavy atom. The molecule has 34 heavy (non-hydrogen) atoms. The fraction of sp³-hybridized carbons (Fsp3) is 0.600. The molecule has 4 nitrogen and oxygen atoms in total. The third-order valence-electron chi connectivity index (χ3n) is 5.05. The number of hydrogen-bond acceptors (Lipinski definition) is 4. The van der Waals surface area contributed by atoms with Crippen LogP contribution >= 0.6 is 0 Å². The summed E-state index contributed by atoms with van der Waals surface area (Å²) >= 11 is 0. The summed E-state index contributed by atoms with van der Waals surface area (Å²) in [6.45, 7) is 21.5. The van der Waals surface area contributed by atoms with E-state index in [4.69, 9.17) is 14.2 Å². The number of hydrogen-bond donors (Lipinski definition) is 1. The SMILES string of the molecule is CC.CCC.CCC(O)COc1ccc(C(C)(C)c2ccc(OCC(C)OC(C)C)cc2)cc1. The van der Waals surface area contributed by atoms with Gasteiger partial charge in [-0.25, -0.2) is 0 Å². The van der Waals surface area contributed by atoms with Gasteiger partial charge in [-0.1, -0.05) is 79.2 Å². The van der Waals surface area contributed by atoms with Crippen LogP contribution in [0.4, 0.5) is 0 Å². The Kier molecular flexibility index (Phi) is 16.4. The van der Waals surface area contributed by atoms with E-state index in [1.807, 2.05) is 65.8 Å². The Hall–Kier alpha value is -2.04. The molecular weight excluding hydrogens is 424 g/mol. The molecule has 0 heterocycles. The predicted octanol–water partition coefficient (Wildman–Crippen LogP) is 7.80. The minimum Gasteiger partial charge on any atom is -0.491 e. The monoisotopic (exact) mass is 474 g/mol. The summed E-state index contributed by atoms with van der Waals surface area (Å²) in [6, 6.07) is 16.4. The van der Waals surface area contributed by atoms with Crippen molar-refractivity contribution in [1.82, 2.24) is 0 Å². The lowest BCUT2D eigenvalue weighted by atomic mass is 9.78. The average molecular weight is 475 g/mol. The highest BCUT2D eigenvalue weighted by Gasteiger charge is 2.23. The van der Waals surface area contributed by atoms with Crippen LogP contribution in [0.3, 0.4) is 0 Å². The van der Waals surface area contributed by atoms with E-state index in [-0.39, 0.29) is 17.6 Å². The first kappa shape index (κ1) is 32.0. The maximum atomic E-state index is 9.64. The maximum Gasteiger partial charge on any atom is 0.119 e. The first-order valence-electron chi connectivity index (χ1n) is 12.9. The van der Waals surface area contributed by atoms with Crippen LogP contribution in [0.2, 0.25) is 0 Å². The molecule has 0 bridgehead atoms. The fourth-order valence-electron chi connectivity index (χ4n) is 3.13. The second-order valence-electron chi connectivity index (χ2n) is 9.06. The Labute approximate surface area is 209 Å². The average Bonchev–Trinajstić information content (AvgIpc) is 2.83.